The van der Waals surface area contributed by atoms with Gasteiger partial charge in [0, 0.05) is 38.1 Å². The number of aromatic nitrogens is 1. The molecule has 8 aromatic rings. The Morgan fingerprint density at radius 2 is 1.32 bits per heavy atom. The van der Waals surface area contributed by atoms with Crippen LogP contribution in [0.1, 0.15) is 41.7 Å². The van der Waals surface area contributed by atoms with Gasteiger partial charge in [-0.05, 0) is 76.7 Å². The fourth-order valence-electron chi connectivity index (χ4n) is 7.95. The first kappa shape index (κ1) is 26.3. The SMILES string of the molecule is CC1(C)c2cc3oc4ccccc4c3cc2-c2cc3c4ccccc4n(C4=C=CCc5ccccc5/C(c5ccccc5)=N\4)c3cc21. The Bertz CT molecular complexity index is 2710. The number of rotatable bonds is 2. The molecule has 0 fully saturated rings. The number of allylic oxidation sites excluding steroid dienone is 1. The summed E-state index contributed by atoms with van der Waals surface area (Å²) in [7, 11) is 0. The lowest BCUT2D eigenvalue weighted by Gasteiger charge is -2.22. The van der Waals surface area contributed by atoms with Gasteiger partial charge in [-0.25, -0.2) is 4.99 Å². The van der Waals surface area contributed by atoms with Crippen molar-refractivity contribution in [1.82, 2.24) is 4.57 Å². The second-order valence-corrected chi connectivity index (χ2v) is 13.2. The largest absolute Gasteiger partial charge is 0.456 e. The summed E-state index contributed by atoms with van der Waals surface area (Å²) in [6.45, 7) is 4.67. The molecular formula is C44H30N2O. The first-order valence-electron chi connectivity index (χ1n) is 16.3. The van der Waals surface area contributed by atoms with E-state index in [1.54, 1.807) is 0 Å². The third-order valence-corrected chi connectivity index (χ3v) is 10.3. The van der Waals surface area contributed by atoms with E-state index in [0.717, 1.165) is 56.7 Å². The molecule has 6 aromatic carbocycles. The highest BCUT2D eigenvalue weighted by molar-refractivity contribution is 6.17. The summed E-state index contributed by atoms with van der Waals surface area (Å²) >= 11 is 0. The number of hydrogen-bond acceptors (Lipinski definition) is 2. The zero-order chi connectivity index (χ0) is 31.3. The normalized spacial score (nSPS) is 16.0. The first-order valence-corrected chi connectivity index (χ1v) is 16.3. The number of hydrogen-bond donors (Lipinski definition) is 0. The molecule has 0 amide bonds. The van der Waals surface area contributed by atoms with Crippen LogP contribution in [0, 0.1) is 0 Å². The third kappa shape index (κ3) is 3.72. The minimum Gasteiger partial charge on any atom is -0.456 e. The van der Waals surface area contributed by atoms with Crippen LogP contribution in [0.3, 0.4) is 0 Å². The zero-order valence-corrected chi connectivity index (χ0v) is 26.2. The van der Waals surface area contributed by atoms with Crippen molar-refractivity contribution in [2.75, 3.05) is 0 Å². The molecule has 0 N–H and O–H groups in total. The zero-order valence-electron chi connectivity index (χ0n) is 26.2. The van der Waals surface area contributed by atoms with Gasteiger partial charge in [-0.2, -0.15) is 0 Å². The average molecular weight is 603 g/mol. The minimum atomic E-state index is -0.212. The average Bonchev–Trinajstić information content (AvgIpc) is 3.69. The lowest BCUT2D eigenvalue weighted by Crippen LogP contribution is -2.15. The Morgan fingerprint density at radius 3 is 2.19 bits per heavy atom. The lowest BCUT2D eigenvalue weighted by atomic mass is 9.82. The summed E-state index contributed by atoms with van der Waals surface area (Å²) in [5.74, 6) is 0.793. The second-order valence-electron chi connectivity index (χ2n) is 13.2. The highest BCUT2D eigenvalue weighted by Crippen LogP contribution is 2.52. The van der Waals surface area contributed by atoms with Crippen molar-refractivity contribution >= 4 is 55.3 Å². The van der Waals surface area contributed by atoms with E-state index >= 15 is 0 Å². The van der Waals surface area contributed by atoms with Crippen molar-refractivity contribution in [3.63, 3.8) is 0 Å². The highest BCUT2D eigenvalue weighted by atomic mass is 16.3. The molecule has 3 heterocycles. The molecule has 3 nitrogen and oxygen atoms in total. The molecule has 0 radical (unpaired) electrons. The Morgan fingerprint density at radius 1 is 0.617 bits per heavy atom. The topological polar surface area (TPSA) is 30.4 Å². The van der Waals surface area contributed by atoms with Gasteiger partial charge >= 0.3 is 0 Å². The summed E-state index contributed by atoms with van der Waals surface area (Å²) in [5.41, 5.74) is 17.2. The van der Waals surface area contributed by atoms with Gasteiger partial charge < -0.3 is 4.42 Å². The molecule has 0 unspecified atom stereocenters. The maximum Gasteiger partial charge on any atom is 0.182 e. The molecule has 2 aliphatic rings. The monoisotopic (exact) mass is 602 g/mol. The van der Waals surface area contributed by atoms with Crippen LogP contribution in [0.15, 0.2) is 149 Å². The summed E-state index contributed by atoms with van der Waals surface area (Å²) < 4.78 is 8.66. The fraction of sp³-hybridized carbons (Fsp3) is 0.0909. The molecule has 47 heavy (non-hydrogen) atoms. The molecule has 0 saturated carbocycles. The van der Waals surface area contributed by atoms with Crippen LogP contribution in [0.5, 0.6) is 0 Å². The van der Waals surface area contributed by atoms with E-state index in [9.17, 15) is 0 Å². The molecule has 222 valence electrons. The number of aliphatic imine (C=N–C) groups is 1. The standard InChI is InChI=1S/C44H30N2O/c1-44(2)36-25-39-34(23-32(36)33-24-35-31-19-9-11-21-40(31)47-41(35)26-37(33)44)30-18-8-10-20-38(30)46(39)42-22-12-16-27-13-6-7-17-29(27)43(45-42)28-14-4-3-5-15-28/h3-15,17-21,23-26H,16H2,1-2H3/b45-43-. The molecule has 2 aromatic heterocycles. The van der Waals surface area contributed by atoms with Crippen LogP contribution in [-0.2, 0) is 11.8 Å². The van der Waals surface area contributed by atoms with E-state index < -0.39 is 0 Å². The Kier molecular flexibility index (Phi) is 5.36. The van der Waals surface area contributed by atoms with Crippen LogP contribution in [0.4, 0.5) is 0 Å². The Labute approximate surface area is 272 Å². The van der Waals surface area contributed by atoms with Crippen molar-refractivity contribution in [3.05, 3.63) is 167 Å². The van der Waals surface area contributed by atoms with Gasteiger partial charge in [-0.3, -0.25) is 4.57 Å². The van der Waals surface area contributed by atoms with Crippen molar-refractivity contribution in [1.29, 1.82) is 0 Å². The fourth-order valence-corrected chi connectivity index (χ4v) is 7.95. The van der Waals surface area contributed by atoms with Crippen molar-refractivity contribution < 1.29 is 4.42 Å². The van der Waals surface area contributed by atoms with Gasteiger partial charge in [-0.1, -0.05) is 111 Å². The van der Waals surface area contributed by atoms with E-state index in [1.165, 1.54) is 44.0 Å². The van der Waals surface area contributed by atoms with E-state index in [1.807, 2.05) is 6.07 Å². The molecule has 0 saturated heterocycles. The molecule has 1 aliphatic carbocycles. The summed E-state index contributed by atoms with van der Waals surface area (Å²) in [6.07, 6.45) is 2.92. The Hall–Kier alpha value is -5.89. The minimum absolute atomic E-state index is 0.212. The van der Waals surface area contributed by atoms with Gasteiger partial charge in [0.2, 0.25) is 0 Å². The summed E-state index contributed by atoms with van der Waals surface area (Å²) in [4.78, 5) is 5.46. The smallest absolute Gasteiger partial charge is 0.182 e. The molecule has 3 heteroatoms. The first-order chi connectivity index (χ1) is 23.1. The van der Waals surface area contributed by atoms with Gasteiger partial charge in [0.1, 0.15) is 11.2 Å². The van der Waals surface area contributed by atoms with Gasteiger partial charge in [0.15, 0.2) is 5.82 Å². The number of para-hydroxylation sites is 2. The van der Waals surface area contributed by atoms with Crippen LogP contribution in [0.2, 0.25) is 0 Å². The number of nitrogens with zero attached hydrogens (tertiary/aromatic N) is 2. The maximum absolute atomic E-state index is 6.35. The molecule has 0 bridgehead atoms. The molecule has 10 rings (SSSR count). The number of fused-ring (bicyclic) bond motifs is 10. The maximum atomic E-state index is 6.35. The van der Waals surface area contributed by atoms with Crippen LogP contribution in [-0.4, -0.2) is 10.3 Å². The van der Waals surface area contributed by atoms with Crippen molar-refractivity contribution in [2.45, 2.75) is 25.7 Å². The quantitative estimate of drug-likeness (QED) is 0.181. The molecule has 0 spiro atoms. The van der Waals surface area contributed by atoms with E-state index in [4.69, 9.17) is 9.41 Å². The lowest BCUT2D eigenvalue weighted by molar-refractivity contribution is 0.647. The highest BCUT2D eigenvalue weighted by Gasteiger charge is 2.37. The summed E-state index contributed by atoms with van der Waals surface area (Å²) in [6, 6.07) is 45.6. The molecule has 1 aliphatic heterocycles. The van der Waals surface area contributed by atoms with Crippen LogP contribution < -0.4 is 0 Å². The molecule has 0 atom stereocenters. The number of furan rings is 1. The van der Waals surface area contributed by atoms with Gasteiger partial charge in [0.25, 0.3) is 0 Å². The van der Waals surface area contributed by atoms with Crippen molar-refractivity contribution in [3.8, 4) is 11.1 Å². The van der Waals surface area contributed by atoms with E-state index in [2.05, 4.69) is 152 Å². The van der Waals surface area contributed by atoms with Gasteiger partial charge in [-0.15, -0.1) is 0 Å². The van der Waals surface area contributed by atoms with E-state index in [0.29, 0.717) is 0 Å². The van der Waals surface area contributed by atoms with Crippen molar-refractivity contribution in [2.24, 2.45) is 4.99 Å². The molecular weight excluding hydrogens is 572 g/mol. The van der Waals surface area contributed by atoms with Crippen LogP contribution >= 0.6 is 0 Å². The second kappa shape index (κ2) is 9.56. The van der Waals surface area contributed by atoms with Gasteiger partial charge in [0.05, 0.1) is 16.7 Å². The van der Waals surface area contributed by atoms with E-state index in [-0.39, 0.29) is 5.41 Å². The predicted molar refractivity (Wildman–Crippen MR) is 194 cm³/mol. The van der Waals surface area contributed by atoms with Crippen LogP contribution in [0.25, 0.3) is 60.7 Å². The Balaban J connectivity index is 1.26. The predicted octanol–water partition coefficient (Wildman–Crippen LogP) is 11.0. The number of benzene rings is 6. The third-order valence-electron chi connectivity index (χ3n) is 10.3. The summed E-state index contributed by atoms with van der Waals surface area (Å²) in [5, 5.41) is 4.75.